The molecule has 1 saturated carbocycles. The van der Waals surface area contributed by atoms with Crippen molar-refractivity contribution in [2.45, 2.75) is 59.5 Å². The number of pyridine rings is 1. The van der Waals surface area contributed by atoms with Gasteiger partial charge in [-0.3, -0.25) is 0 Å². The summed E-state index contributed by atoms with van der Waals surface area (Å²) < 4.78 is 11.4. The Balaban J connectivity index is 1.66. The molecular weight excluding hydrogens is 506 g/mol. The summed E-state index contributed by atoms with van der Waals surface area (Å²) in [7, 11) is 1.67. The highest BCUT2D eigenvalue weighted by Gasteiger charge is 2.22. The predicted octanol–water partition coefficient (Wildman–Crippen LogP) is 6.46. The molecule has 7 nitrogen and oxygen atoms in total. The number of anilines is 2. The van der Waals surface area contributed by atoms with Crippen LogP contribution in [0.15, 0.2) is 42.7 Å². The largest absolute Gasteiger partial charge is 0.489 e. The average Bonchev–Trinajstić information content (AvgIpc) is 3.45. The molecule has 39 heavy (non-hydrogen) atoms. The van der Waals surface area contributed by atoms with Gasteiger partial charge in [-0.2, -0.15) is 11.8 Å². The minimum Gasteiger partial charge on any atom is -0.489 e. The van der Waals surface area contributed by atoms with Gasteiger partial charge in [0, 0.05) is 31.5 Å². The second-order valence-electron chi connectivity index (χ2n) is 10.4. The van der Waals surface area contributed by atoms with E-state index in [9.17, 15) is 0 Å². The molecule has 0 radical (unpaired) electrons. The van der Waals surface area contributed by atoms with Crippen molar-refractivity contribution in [3.8, 4) is 11.6 Å². The third-order valence-corrected chi connectivity index (χ3v) is 7.83. The first-order valence-corrected chi connectivity index (χ1v) is 15.4. The molecule has 8 heteroatoms. The Bertz CT molecular complexity index is 1160. The van der Waals surface area contributed by atoms with Crippen molar-refractivity contribution >= 4 is 23.4 Å². The van der Waals surface area contributed by atoms with Gasteiger partial charge in [0.2, 0.25) is 11.8 Å². The summed E-state index contributed by atoms with van der Waals surface area (Å²) in [6, 6.07) is 10.8. The molecule has 1 aliphatic rings. The van der Waals surface area contributed by atoms with Crippen LogP contribution in [-0.4, -0.2) is 53.8 Å². The number of methoxy groups -OCH3 is 1. The van der Waals surface area contributed by atoms with Crippen LogP contribution in [0.1, 0.15) is 55.0 Å². The first kappa shape index (κ1) is 29.0. The minimum absolute atomic E-state index is 0.563. The van der Waals surface area contributed by atoms with Gasteiger partial charge in [-0.25, -0.2) is 15.0 Å². The lowest BCUT2D eigenvalue weighted by Crippen LogP contribution is -2.31. The topological polar surface area (TPSA) is 63.6 Å². The summed E-state index contributed by atoms with van der Waals surface area (Å²) in [5.41, 5.74) is 5.85. The van der Waals surface area contributed by atoms with Gasteiger partial charge in [0.05, 0.1) is 44.0 Å². The molecule has 0 unspecified atom stereocenters. The van der Waals surface area contributed by atoms with Crippen LogP contribution in [0.5, 0.6) is 11.6 Å². The van der Waals surface area contributed by atoms with E-state index in [-0.39, 0.29) is 0 Å². The van der Waals surface area contributed by atoms with E-state index in [1.165, 1.54) is 42.4 Å². The lowest BCUT2D eigenvalue weighted by Gasteiger charge is -2.30. The fourth-order valence-corrected chi connectivity index (χ4v) is 5.69. The third kappa shape index (κ3) is 8.24. The van der Waals surface area contributed by atoms with Crippen LogP contribution in [-0.2, 0) is 13.1 Å². The number of hydrogen-bond donors (Lipinski definition) is 0. The van der Waals surface area contributed by atoms with Gasteiger partial charge in [-0.05, 0) is 57.4 Å². The number of hydrogen-bond acceptors (Lipinski definition) is 8. The SMILES string of the molecule is CCN(CC1CCCC1)c1ccc(OC)nc1CN(Cc1cc(C)cc(C)c1)c1ncc(OCCSC)cn1. The Morgan fingerprint density at radius 2 is 1.69 bits per heavy atom. The van der Waals surface area contributed by atoms with Crippen LogP contribution >= 0.6 is 11.8 Å². The van der Waals surface area contributed by atoms with Crippen molar-refractivity contribution in [3.05, 3.63) is 65.1 Å². The number of thioether (sulfide) groups is 1. The smallest absolute Gasteiger partial charge is 0.226 e. The molecule has 210 valence electrons. The molecule has 0 atom stereocenters. The maximum atomic E-state index is 5.81. The van der Waals surface area contributed by atoms with Crippen LogP contribution in [0.25, 0.3) is 0 Å². The number of benzene rings is 1. The molecule has 0 N–H and O–H groups in total. The molecule has 0 saturated heterocycles. The summed E-state index contributed by atoms with van der Waals surface area (Å²) in [4.78, 5) is 19.1. The number of rotatable bonds is 14. The molecule has 0 spiro atoms. The van der Waals surface area contributed by atoms with E-state index < -0.39 is 0 Å². The Kier molecular flexibility index (Phi) is 10.7. The Hall–Kier alpha value is -3.00. The number of aromatic nitrogens is 3. The maximum absolute atomic E-state index is 5.81. The third-order valence-electron chi connectivity index (χ3n) is 7.26. The van der Waals surface area contributed by atoms with Gasteiger partial charge in [0.15, 0.2) is 5.75 Å². The molecule has 3 aromatic rings. The van der Waals surface area contributed by atoms with Gasteiger partial charge in [-0.15, -0.1) is 0 Å². The van der Waals surface area contributed by atoms with Crippen LogP contribution in [0, 0.1) is 19.8 Å². The van der Waals surface area contributed by atoms with Crippen molar-refractivity contribution in [1.29, 1.82) is 0 Å². The monoisotopic (exact) mass is 549 g/mol. The molecular formula is C31H43N5O2S. The van der Waals surface area contributed by atoms with Crippen molar-refractivity contribution in [3.63, 3.8) is 0 Å². The van der Waals surface area contributed by atoms with E-state index >= 15 is 0 Å². The average molecular weight is 550 g/mol. The predicted molar refractivity (Wildman–Crippen MR) is 162 cm³/mol. The first-order valence-electron chi connectivity index (χ1n) is 14.0. The van der Waals surface area contributed by atoms with Gasteiger partial charge < -0.3 is 19.3 Å². The molecule has 2 heterocycles. The summed E-state index contributed by atoms with van der Waals surface area (Å²) in [6.07, 6.45) is 10.9. The second kappa shape index (κ2) is 14.4. The maximum Gasteiger partial charge on any atom is 0.226 e. The molecule has 4 rings (SSSR count). The van der Waals surface area contributed by atoms with E-state index in [0.717, 1.165) is 36.1 Å². The number of nitrogens with zero attached hydrogens (tertiary/aromatic N) is 5. The zero-order valence-electron chi connectivity index (χ0n) is 24.2. The zero-order chi connectivity index (χ0) is 27.6. The number of aryl methyl sites for hydroxylation is 2. The molecule has 2 aromatic heterocycles. The first-order chi connectivity index (χ1) is 19.0. The van der Waals surface area contributed by atoms with Crippen LogP contribution < -0.4 is 19.3 Å². The minimum atomic E-state index is 0.563. The Labute approximate surface area is 238 Å². The van der Waals surface area contributed by atoms with Crippen molar-refractivity contribution in [2.24, 2.45) is 5.92 Å². The lowest BCUT2D eigenvalue weighted by molar-refractivity contribution is 0.341. The molecule has 0 bridgehead atoms. The van der Waals surface area contributed by atoms with Crippen LogP contribution in [0.3, 0.4) is 0 Å². The van der Waals surface area contributed by atoms with Crippen molar-refractivity contribution in [1.82, 2.24) is 15.0 Å². The molecule has 1 aliphatic carbocycles. The van der Waals surface area contributed by atoms with Crippen LogP contribution in [0.4, 0.5) is 11.6 Å². The van der Waals surface area contributed by atoms with Crippen molar-refractivity contribution < 1.29 is 9.47 Å². The highest BCUT2D eigenvalue weighted by Crippen LogP contribution is 2.31. The summed E-state index contributed by atoms with van der Waals surface area (Å²) in [6.45, 7) is 10.4. The van der Waals surface area contributed by atoms with Gasteiger partial charge in [0.1, 0.15) is 0 Å². The molecule has 0 aliphatic heterocycles. The normalized spacial score (nSPS) is 13.5. The highest BCUT2D eigenvalue weighted by molar-refractivity contribution is 7.98. The van der Waals surface area contributed by atoms with E-state index in [0.29, 0.717) is 37.3 Å². The molecule has 0 amide bonds. The Morgan fingerprint density at radius 3 is 2.33 bits per heavy atom. The lowest BCUT2D eigenvalue weighted by atomic mass is 10.1. The molecule has 1 aromatic carbocycles. The summed E-state index contributed by atoms with van der Waals surface area (Å²) in [5, 5.41) is 0. The second-order valence-corrected chi connectivity index (χ2v) is 11.4. The van der Waals surface area contributed by atoms with E-state index in [1.807, 2.05) is 6.07 Å². The molecule has 1 fully saturated rings. The van der Waals surface area contributed by atoms with Crippen LogP contribution in [0.2, 0.25) is 0 Å². The highest BCUT2D eigenvalue weighted by atomic mass is 32.2. The van der Waals surface area contributed by atoms with Gasteiger partial charge in [0.25, 0.3) is 0 Å². The van der Waals surface area contributed by atoms with Gasteiger partial charge in [-0.1, -0.05) is 42.2 Å². The zero-order valence-corrected chi connectivity index (χ0v) is 25.0. The fraction of sp³-hybridized carbons (Fsp3) is 0.516. The van der Waals surface area contributed by atoms with E-state index in [1.54, 1.807) is 31.3 Å². The Morgan fingerprint density at radius 1 is 0.974 bits per heavy atom. The summed E-state index contributed by atoms with van der Waals surface area (Å²) >= 11 is 1.76. The van der Waals surface area contributed by atoms with E-state index in [4.69, 9.17) is 24.4 Å². The number of ether oxygens (including phenoxy) is 2. The van der Waals surface area contributed by atoms with Gasteiger partial charge >= 0.3 is 0 Å². The standard InChI is InChI=1S/C31H43N5O2S/c1-6-35(20-25-9-7-8-10-25)29-11-12-30(37-4)34-28(29)22-36(21-26-16-23(2)15-24(3)17-26)31-32-18-27(19-33-31)38-13-14-39-5/h11-12,15-19,25H,6-10,13-14,20-22H2,1-5H3. The fourth-order valence-electron chi connectivity index (χ4n) is 5.44. The van der Waals surface area contributed by atoms with Crippen molar-refractivity contribution in [2.75, 3.05) is 48.6 Å². The quantitative estimate of drug-likeness (QED) is 0.212. The summed E-state index contributed by atoms with van der Waals surface area (Å²) in [5.74, 6) is 3.64. The van der Waals surface area contributed by atoms with E-state index in [2.05, 4.69) is 61.1 Å².